The van der Waals surface area contributed by atoms with Gasteiger partial charge in [-0.1, -0.05) is 28.1 Å². The first-order chi connectivity index (χ1) is 10.3. The van der Waals surface area contributed by atoms with Crippen LogP contribution in [0.15, 0.2) is 41.1 Å². The number of nitrogens with zero attached hydrogens (tertiary/aromatic N) is 2. The molecular weight excluding hydrogens is 328 g/mol. The standard InChI is InChI=1S/C16H21BrN4/c17-14-3-1-13(2-4-14)12-21-9-5-15(6-10-21)20-11-16-18-7-8-19-16/h1-4,7-8,15,20H,5-6,9-12H2,(H,18,19). The van der Waals surface area contributed by atoms with Gasteiger partial charge in [0.1, 0.15) is 5.82 Å². The molecule has 2 aromatic rings. The van der Waals surface area contributed by atoms with E-state index in [-0.39, 0.29) is 0 Å². The van der Waals surface area contributed by atoms with Crippen molar-refractivity contribution in [2.75, 3.05) is 13.1 Å². The van der Waals surface area contributed by atoms with E-state index in [2.05, 4.69) is 60.4 Å². The van der Waals surface area contributed by atoms with Crippen LogP contribution in [-0.4, -0.2) is 34.0 Å². The first kappa shape index (κ1) is 14.8. The van der Waals surface area contributed by atoms with Gasteiger partial charge < -0.3 is 10.3 Å². The van der Waals surface area contributed by atoms with E-state index in [1.807, 2.05) is 6.20 Å². The van der Waals surface area contributed by atoms with Gasteiger partial charge in [-0.15, -0.1) is 0 Å². The van der Waals surface area contributed by atoms with E-state index in [0.717, 1.165) is 36.5 Å². The zero-order valence-electron chi connectivity index (χ0n) is 12.1. The fourth-order valence-corrected chi connectivity index (χ4v) is 3.04. The third-order valence-corrected chi connectivity index (χ3v) is 4.55. The summed E-state index contributed by atoms with van der Waals surface area (Å²) in [6.45, 7) is 4.21. The minimum Gasteiger partial charge on any atom is -0.348 e. The summed E-state index contributed by atoms with van der Waals surface area (Å²) in [6, 6.07) is 9.24. The van der Waals surface area contributed by atoms with Crippen LogP contribution in [0.3, 0.4) is 0 Å². The van der Waals surface area contributed by atoms with Gasteiger partial charge in [0.2, 0.25) is 0 Å². The van der Waals surface area contributed by atoms with Crippen LogP contribution in [-0.2, 0) is 13.1 Å². The third-order valence-electron chi connectivity index (χ3n) is 4.02. The number of imidazole rings is 1. The lowest BCUT2D eigenvalue weighted by Crippen LogP contribution is -2.41. The van der Waals surface area contributed by atoms with E-state index in [0.29, 0.717) is 6.04 Å². The first-order valence-corrected chi connectivity index (χ1v) is 8.27. The Kier molecular flexibility index (Phi) is 5.06. The molecule has 1 aromatic heterocycles. The van der Waals surface area contributed by atoms with Crippen molar-refractivity contribution in [2.45, 2.75) is 32.0 Å². The SMILES string of the molecule is Brc1ccc(CN2CCC(NCc3ncc[nH]3)CC2)cc1. The van der Waals surface area contributed by atoms with Crippen molar-refractivity contribution in [3.63, 3.8) is 0 Å². The van der Waals surface area contributed by atoms with Gasteiger partial charge in [-0.05, 0) is 43.6 Å². The summed E-state index contributed by atoms with van der Waals surface area (Å²) in [7, 11) is 0. The average molecular weight is 349 g/mol. The monoisotopic (exact) mass is 348 g/mol. The van der Waals surface area contributed by atoms with E-state index in [1.54, 1.807) is 6.20 Å². The maximum Gasteiger partial charge on any atom is 0.120 e. The van der Waals surface area contributed by atoms with Gasteiger partial charge in [-0.25, -0.2) is 4.98 Å². The van der Waals surface area contributed by atoms with Crippen molar-refractivity contribution >= 4 is 15.9 Å². The summed E-state index contributed by atoms with van der Waals surface area (Å²) in [5.41, 5.74) is 1.39. The van der Waals surface area contributed by atoms with Crippen LogP contribution in [0.5, 0.6) is 0 Å². The predicted octanol–water partition coefficient (Wildman–Crippen LogP) is 2.93. The highest BCUT2D eigenvalue weighted by Gasteiger charge is 2.18. The second kappa shape index (κ2) is 7.20. The molecule has 112 valence electrons. The molecule has 2 heterocycles. The fraction of sp³-hybridized carbons (Fsp3) is 0.438. The van der Waals surface area contributed by atoms with Crippen molar-refractivity contribution in [2.24, 2.45) is 0 Å². The van der Waals surface area contributed by atoms with E-state index in [4.69, 9.17) is 0 Å². The lowest BCUT2D eigenvalue weighted by Gasteiger charge is -2.32. The van der Waals surface area contributed by atoms with Crippen LogP contribution >= 0.6 is 15.9 Å². The lowest BCUT2D eigenvalue weighted by molar-refractivity contribution is 0.189. The maximum atomic E-state index is 4.25. The molecule has 0 radical (unpaired) electrons. The fourth-order valence-electron chi connectivity index (χ4n) is 2.78. The highest BCUT2D eigenvalue weighted by atomic mass is 79.9. The van der Waals surface area contributed by atoms with Crippen molar-refractivity contribution in [3.8, 4) is 0 Å². The molecule has 0 unspecified atom stereocenters. The average Bonchev–Trinajstić information content (AvgIpc) is 3.02. The third kappa shape index (κ3) is 4.40. The van der Waals surface area contributed by atoms with Crippen molar-refractivity contribution < 1.29 is 0 Å². The van der Waals surface area contributed by atoms with Crippen LogP contribution < -0.4 is 5.32 Å². The summed E-state index contributed by atoms with van der Waals surface area (Å²) < 4.78 is 1.15. The molecule has 4 nitrogen and oxygen atoms in total. The molecule has 21 heavy (non-hydrogen) atoms. The van der Waals surface area contributed by atoms with E-state index in [9.17, 15) is 0 Å². The molecule has 0 amide bonds. The highest BCUT2D eigenvalue weighted by molar-refractivity contribution is 9.10. The number of hydrogen-bond donors (Lipinski definition) is 2. The van der Waals surface area contributed by atoms with Crippen LogP contribution in [0.1, 0.15) is 24.2 Å². The number of benzene rings is 1. The largest absolute Gasteiger partial charge is 0.348 e. The van der Waals surface area contributed by atoms with Gasteiger partial charge in [0.25, 0.3) is 0 Å². The Hall–Kier alpha value is -1.17. The topological polar surface area (TPSA) is 44.0 Å². The molecular formula is C16H21BrN4. The van der Waals surface area contributed by atoms with Crippen LogP contribution in [0, 0.1) is 0 Å². The molecule has 1 fully saturated rings. The molecule has 1 saturated heterocycles. The quantitative estimate of drug-likeness (QED) is 0.872. The smallest absolute Gasteiger partial charge is 0.120 e. The normalized spacial score (nSPS) is 17.2. The molecule has 1 aliphatic heterocycles. The molecule has 0 spiro atoms. The van der Waals surface area contributed by atoms with Gasteiger partial charge in [0, 0.05) is 29.5 Å². The first-order valence-electron chi connectivity index (χ1n) is 7.48. The van der Waals surface area contributed by atoms with Gasteiger partial charge in [0.05, 0.1) is 6.54 Å². The molecule has 0 bridgehead atoms. The Morgan fingerprint density at radius 1 is 1.24 bits per heavy atom. The number of aromatic nitrogens is 2. The predicted molar refractivity (Wildman–Crippen MR) is 87.9 cm³/mol. The van der Waals surface area contributed by atoms with Crippen molar-refractivity contribution in [1.82, 2.24) is 20.2 Å². The zero-order valence-corrected chi connectivity index (χ0v) is 13.6. The van der Waals surface area contributed by atoms with Crippen molar-refractivity contribution in [3.05, 3.63) is 52.5 Å². The van der Waals surface area contributed by atoms with Crippen LogP contribution in [0.25, 0.3) is 0 Å². The summed E-state index contributed by atoms with van der Waals surface area (Å²) in [5, 5.41) is 3.59. The Morgan fingerprint density at radius 3 is 2.67 bits per heavy atom. The number of hydrogen-bond acceptors (Lipinski definition) is 3. The number of H-pyrrole nitrogens is 1. The van der Waals surface area contributed by atoms with Gasteiger partial charge >= 0.3 is 0 Å². The van der Waals surface area contributed by atoms with Crippen LogP contribution in [0.2, 0.25) is 0 Å². The van der Waals surface area contributed by atoms with Gasteiger partial charge in [-0.3, -0.25) is 4.90 Å². The Morgan fingerprint density at radius 2 is 2.00 bits per heavy atom. The summed E-state index contributed by atoms with van der Waals surface area (Å²) >= 11 is 3.48. The van der Waals surface area contributed by atoms with Crippen molar-refractivity contribution in [1.29, 1.82) is 0 Å². The summed E-state index contributed by atoms with van der Waals surface area (Å²) in [6.07, 6.45) is 6.09. The number of likely N-dealkylation sites (tertiary alicyclic amines) is 1. The summed E-state index contributed by atoms with van der Waals surface area (Å²) in [5.74, 6) is 1.02. The molecule has 3 rings (SSSR count). The maximum absolute atomic E-state index is 4.25. The Bertz CT molecular complexity index is 530. The van der Waals surface area contributed by atoms with Gasteiger partial charge in [-0.2, -0.15) is 0 Å². The summed E-state index contributed by atoms with van der Waals surface area (Å²) in [4.78, 5) is 9.92. The second-order valence-corrected chi connectivity index (χ2v) is 6.51. The molecule has 0 aliphatic carbocycles. The lowest BCUT2D eigenvalue weighted by atomic mass is 10.0. The van der Waals surface area contributed by atoms with E-state index < -0.39 is 0 Å². The Balaban J connectivity index is 1.41. The minimum absolute atomic E-state index is 0.608. The minimum atomic E-state index is 0.608. The number of aromatic amines is 1. The second-order valence-electron chi connectivity index (χ2n) is 5.59. The molecule has 2 N–H and O–H groups in total. The molecule has 0 atom stereocenters. The molecule has 0 saturated carbocycles. The molecule has 1 aliphatic rings. The number of halogens is 1. The molecule has 1 aromatic carbocycles. The zero-order chi connectivity index (χ0) is 14.5. The molecule has 5 heteroatoms. The number of rotatable bonds is 5. The number of nitrogens with one attached hydrogen (secondary N) is 2. The van der Waals surface area contributed by atoms with Crippen LogP contribution in [0.4, 0.5) is 0 Å². The number of piperidine rings is 1. The Labute approximate surface area is 134 Å². The van der Waals surface area contributed by atoms with Gasteiger partial charge in [0.15, 0.2) is 0 Å². The van der Waals surface area contributed by atoms with E-state index in [1.165, 1.54) is 18.4 Å². The van der Waals surface area contributed by atoms with E-state index >= 15 is 0 Å². The highest BCUT2D eigenvalue weighted by Crippen LogP contribution is 2.16.